The Morgan fingerprint density at radius 3 is 2.56 bits per heavy atom. The van der Waals surface area contributed by atoms with Crippen LogP contribution in [0.4, 0.5) is 11.6 Å². The molecule has 1 amide bonds. The van der Waals surface area contributed by atoms with Gasteiger partial charge in [-0.1, -0.05) is 30.7 Å². The number of piperidine rings is 1. The first kappa shape index (κ1) is 23.7. The highest BCUT2D eigenvalue weighted by Crippen LogP contribution is 2.29. The number of nitrogens with two attached hydrogens (primary N) is 1. The van der Waals surface area contributed by atoms with Crippen molar-refractivity contribution in [3.63, 3.8) is 0 Å². The Morgan fingerprint density at radius 2 is 1.82 bits per heavy atom. The third-order valence-electron chi connectivity index (χ3n) is 6.20. The Morgan fingerprint density at radius 1 is 1.09 bits per heavy atom. The van der Waals surface area contributed by atoms with Crippen molar-refractivity contribution in [1.82, 2.24) is 14.9 Å². The molecule has 3 aromatic rings. The van der Waals surface area contributed by atoms with Crippen molar-refractivity contribution in [1.29, 1.82) is 0 Å². The number of aromatic nitrogens is 2. The van der Waals surface area contributed by atoms with E-state index in [1.165, 1.54) is 38.5 Å². The molecule has 0 saturated carbocycles. The van der Waals surface area contributed by atoms with Crippen LogP contribution >= 0.6 is 0 Å². The maximum atomic E-state index is 12.1. The van der Waals surface area contributed by atoms with Gasteiger partial charge < -0.3 is 20.7 Å². The van der Waals surface area contributed by atoms with Gasteiger partial charge in [0, 0.05) is 30.1 Å². The fourth-order valence-corrected chi connectivity index (χ4v) is 4.45. The van der Waals surface area contributed by atoms with Crippen LogP contribution in [0.3, 0.4) is 0 Å². The van der Waals surface area contributed by atoms with Crippen LogP contribution in [0.15, 0.2) is 48.7 Å². The molecule has 0 bridgehead atoms. The zero-order valence-electron chi connectivity index (χ0n) is 20.0. The summed E-state index contributed by atoms with van der Waals surface area (Å²) in [6.45, 7) is 8.16. The van der Waals surface area contributed by atoms with Crippen molar-refractivity contribution in [2.75, 3.05) is 31.6 Å². The van der Waals surface area contributed by atoms with Gasteiger partial charge in [0.1, 0.15) is 5.75 Å². The predicted octanol–water partition coefficient (Wildman–Crippen LogP) is 4.86. The Hall–Kier alpha value is -3.45. The number of primary amides is 1. The summed E-state index contributed by atoms with van der Waals surface area (Å²) in [4.78, 5) is 23.6. The lowest BCUT2D eigenvalue weighted by Gasteiger charge is -2.26. The average molecular weight is 460 g/mol. The number of amides is 1. The van der Waals surface area contributed by atoms with Crippen molar-refractivity contribution in [2.24, 2.45) is 5.73 Å². The van der Waals surface area contributed by atoms with Gasteiger partial charge >= 0.3 is 0 Å². The molecule has 0 atom stereocenters. The summed E-state index contributed by atoms with van der Waals surface area (Å²) in [5, 5.41) is 3.24. The number of ether oxygens (including phenoxy) is 1. The summed E-state index contributed by atoms with van der Waals surface area (Å²) >= 11 is 0. The van der Waals surface area contributed by atoms with E-state index in [9.17, 15) is 4.79 Å². The number of carbonyl (C=O) groups is 1. The number of likely N-dealkylation sites (tertiary alicyclic amines) is 1. The summed E-state index contributed by atoms with van der Waals surface area (Å²) in [6.07, 6.45) is 6.46. The first-order chi connectivity index (χ1) is 16.5. The molecule has 7 nitrogen and oxygen atoms in total. The quantitative estimate of drug-likeness (QED) is 0.444. The molecule has 1 aliphatic heterocycles. The smallest absolute Gasteiger partial charge is 0.252 e. The number of hydrogen-bond acceptors (Lipinski definition) is 6. The molecule has 2 heterocycles. The largest absolute Gasteiger partial charge is 0.493 e. The van der Waals surface area contributed by atoms with Crippen LogP contribution in [0.2, 0.25) is 0 Å². The molecule has 178 valence electrons. The van der Waals surface area contributed by atoms with Gasteiger partial charge in [0.2, 0.25) is 5.95 Å². The van der Waals surface area contributed by atoms with Gasteiger partial charge in [0.15, 0.2) is 0 Å². The summed E-state index contributed by atoms with van der Waals surface area (Å²) < 4.78 is 5.98. The van der Waals surface area contributed by atoms with Gasteiger partial charge in [-0.2, -0.15) is 0 Å². The highest BCUT2D eigenvalue weighted by atomic mass is 16.5. The van der Waals surface area contributed by atoms with Crippen LogP contribution in [0, 0.1) is 13.8 Å². The number of nitrogens with one attached hydrogen (secondary N) is 1. The number of rotatable bonds is 9. The Balaban J connectivity index is 1.46. The number of hydrogen-bond donors (Lipinski definition) is 2. The molecule has 3 N–H and O–H groups in total. The number of benzene rings is 2. The summed E-state index contributed by atoms with van der Waals surface area (Å²) in [6, 6.07) is 13.7. The molecule has 0 spiro atoms. The van der Waals surface area contributed by atoms with Gasteiger partial charge in [-0.15, -0.1) is 0 Å². The van der Waals surface area contributed by atoms with E-state index in [1.807, 2.05) is 56.3 Å². The molecular weight excluding hydrogens is 426 g/mol. The minimum absolute atomic E-state index is 0.300. The summed E-state index contributed by atoms with van der Waals surface area (Å²) in [5.74, 6) is 0.640. The van der Waals surface area contributed by atoms with E-state index in [2.05, 4.69) is 20.2 Å². The molecule has 1 aliphatic rings. The van der Waals surface area contributed by atoms with E-state index in [4.69, 9.17) is 10.5 Å². The zero-order chi connectivity index (χ0) is 23.9. The minimum Gasteiger partial charge on any atom is -0.493 e. The molecule has 0 aliphatic carbocycles. The van der Waals surface area contributed by atoms with Crippen molar-refractivity contribution in [3.8, 4) is 17.0 Å². The maximum absolute atomic E-state index is 12.1. The lowest BCUT2D eigenvalue weighted by atomic mass is 9.97. The van der Waals surface area contributed by atoms with Crippen molar-refractivity contribution >= 4 is 17.5 Å². The second kappa shape index (κ2) is 11.1. The Kier molecular flexibility index (Phi) is 7.75. The predicted molar refractivity (Wildman–Crippen MR) is 136 cm³/mol. The van der Waals surface area contributed by atoms with Crippen LogP contribution in [0.1, 0.15) is 47.2 Å². The van der Waals surface area contributed by atoms with E-state index in [1.54, 1.807) is 0 Å². The third-order valence-corrected chi connectivity index (χ3v) is 6.20. The standard InChI is InChI=1S/C27H33N5O2/c1-19-9-6-10-20(2)24(19)25-23(26(28)33)18-29-27(31-25)30-21-11-7-12-22(17-21)34-16-8-15-32-13-4-3-5-14-32/h6-7,9-12,17-18H,3-5,8,13-16H2,1-2H3,(H2,28,33)(H,29,30,31). The molecule has 2 aromatic carbocycles. The average Bonchev–Trinajstić information content (AvgIpc) is 2.83. The third kappa shape index (κ3) is 5.91. The summed E-state index contributed by atoms with van der Waals surface area (Å²) in [5.41, 5.74) is 10.2. The highest BCUT2D eigenvalue weighted by molar-refractivity contribution is 5.99. The zero-order valence-corrected chi connectivity index (χ0v) is 20.0. The van der Waals surface area contributed by atoms with E-state index in [-0.39, 0.29) is 0 Å². The van der Waals surface area contributed by atoms with Crippen LogP contribution in [0.25, 0.3) is 11.3 Å². The monoisotopic (exact) mass is 459 g/mol. The number of nitrogens with zero attached hydrogens (tertiary/aromatic N) is 3. The van der Waals surface area contributed by atoms with Crippen LogP contribution in [0.5, 0.6) is 5.75 Å². The molecule has 0 radical (unpaired) electrons. The van der Waals surface area contributed by atoms with Crippen LogP contribution in [-0.4, -0.2) is 47.0 Å². The summed E-state index contributed by atoms with van der Waals surface area (Å²) in [7, 11) is 0. The maximum Gasteiger partial charge on any atom is 0.252 e. The highest BCUT2D eigenvalue weighted by Gasteiger charge is 2.17. The normalized spacial score (nSPS) is 14.1. The van der Waals surface area contributed by atoms with Crippen molar-refractivity contribution in [2.45, 2.75) is 39.5 Å². The van der Waals surface area contributed by atoms with Crippen LogP contribution in [-0.2, 0) is 0 Å². The fraction of sp³-hybridized carbons (Fsp3) is 0.370. The van der Waals surface area contributed by atoms with Crippen molar-refractivity contribution < 1.29 is 9.53 Å². The molecule has 1 aromatic heterocycles. The molecular formula is C27H33N5O2. The fourth-order valence-electron chi connectivity index (χ4n) is 4.45. The molecule has 7 heteroatoms. The van der Waals surface area contributed by atoms with E-state index >= 15 is 0 Å². The van der Waals surface area contributed by atoms with Gasteiger partial charge in [-0.05, 0) is 69.5 Å². The van der Waals surface area contributed by atoms with Gasteiger partial charge in [0.05, 0.1) is 17.9 Å². The molecule has 1 fully saturated rings. The van der Waals surface area contributed by atoms with E-state index in [0.29, 0.717) is 23.8 Å². The second-order valence-electron chi connectivity index (χ2n) is 8.84. The Labute approximate surface area is 201 Å². The number of aryl methyl sites for hydroxylation is 2. The molecule has 34 heavy (non-hydrogen) atoms. The van der Waals surface area contributed by atoms with Gasteiger partial charge in [-0.25, -0.2) is 9.97 Å². The lowest BCUT2D eigenvalue weighted by Crippen LogP contribution is -2.31. The lowest BCUT2D eigenvalue weighted by molar-refractivity contribution is 0.100. The first-order valence-corrected chi connectivity index (χ1v) is 12.0. The topological polar surface area (TPSA) is 93.4 Å². The first-order valence-electron chi connectivity index (χ1n) is 12.0. The number of carbonyl (C=O) groups excluding carboxylic acids is 1. The Bertz CT molecular complexity index is 1120. The molecule has 4 rings (SSSR count). The van der Waals surface area contributed by atoms with Gasteiger partial charge in [0.25, 0.3) is 5.91 Å². The second-order valence-corrected chi connectivity index (χ2v) is 8.84. The van der Waals surface area contributed by atoms with Crippen molar-refractivity contribution in [3.05, 3.63) is 65.4 Å². The molecule has 1 saturated heterocycles. The van der Waals surface area contributed by atoms with Gasteiger partial charge in [-0.3, -0.25) is 4.79 Å². The van der Waals surface area contributed by atoms with E-state index < -0.39 is 5.91 Å². The SMILES string of the molecule is Cc1cccc(C)c1-c1nc(Nc2cccc(OCCCN3CCCCC3)c2)ncc1C(N)=O. The number of anilines is 2. The minimum atomic E-state index is -0.552. The molecule has 0 unspecified atom stereocenters. The van der Waals surface area contributed by atoms with E-state index in [0.717, 1.165) is 41.1 Å². The van der Waals surface area contributed by atoms with Crippen LogP contribution < -0.4 is 15.8 Å².